The first-order valence-corrected chi connectivity index (χ1v) is 7.63. The fourth-order valence-electron chi connectivity index (χ4n) is 1.70. The molecule has 1 amide bonds. The fourth-order valence-corrected chi connectivity index (χ4v) is 1.97. The number of halogens is 1. The molecule has 0 saturated heterocycles. The van der Waals surface area contributed by atoms with E-state index >= 15 is 0 Å². The number of carbonyl (C=O) groups excluding carboxylic acids is 1. The molecule has 0 atom stereocenters. The Bertz CT molecular complexity index is 591. The predicted molar refractivity (Wildman–Crippen MR) is 88.9 cm³/mol. The molecule has 0 spiro atoms. The van der Waals surface area contributed by atoms with Gasteiger partial charge >= 0.3 is 0 Å². The van der Waals surface area contributed by atoms with E-state index in [1.807, 2.05) is 36.4 Å². The van der Waals surface area contributed by atoms with Crippen molar-refractivity contribution in [3.05, 3.63) is 58.6 Å². The van der Waals surface area contributed by atoms with Crippen LogP contribution >= 0.6 is 15.9 Å². The van der Waals surface area contributed by atoms with Gasteiger partial charge in [0.1, 0.15) is 5.75 Å². The second-order valence-corrected chi connectivity index (χ2v) is 6.11. The van der Waals surface area contributed by atoms with E-state index in [0.717, 1.165) is 15.9 Å². The van der Waals surface area contributed by atoms with E-state index < -0.39 is 0 Å². The molecule has 21 heavy (non-hydrogen) atoms. The highest BCUT2D eigenvalue weighted by Gasteiger charge is 2.06. The zero-order valence-electron chi connectivity index (χ0n) is 12.1. The van der Waals surface area contributed by atoms with Crippen LogP contribution < -0.4 is 10.1 Å². The van der Waals surface area contributed by atoms with Crippen molar-refractivity contribution in [3.63, 3.8) is 0 Å². The van der Waals surface area contributed by atoms with Gasteiger partial charge < -0.3 is 10.1 Å². The van der Waals surface area contributed by atoms with Gasteiger partial charge in [0.15, 0.2) is 0 Å². The van der Waals surface area contributed by atoms with Crippen molar-refractivity contribution >= 4 is 27.5 Å². The number of nitrogens with one attached hydrogen (secondary N) is 1. The third-order valence-electron chi connectivity index (χ3n) is 2.80. The first kappa shape index (κ1) is 15.6. The van der Waals surface area contributed by atoms with Gasteiger partial charge in [-0.15, -0.1) is 0 Å². The number of hydrogen-bond donors (Lipinski definition) is 1. The van der Waals surface area contributed by atoms with E-state index in [2.05, 4.69) is 35.1 Å². The van der Waals surface area contributed by atoms with Gasteiger partial charge in [0.25, 0.3) is 5.91 Å². The van der Waals surface area contributed by atoms with Gasteiger partial charge in [-0.05, 0) is 54.4 Å². The van der Waals surface area contributed by atoms with Crippen molar-refractivity contribution in [2.24, 2.45) is 5.92 Å². The van der Waals surface area contributed by atoms with Crippen molar-refractivity contribution in [3.8, 4) is 5.75 Å². The van der Waals surface area contributed by atoms with Crippen molar-refractivity contribution < 1.29 is 9.53 Å². The molecule has 1 N–H and O–H groups in total. The highest BCUT2D eigenvalue weighted by molar-refractivity contribution is 9.10. The molecule has 0 saturated carbocycles. The van der Waals surface area contributed by atoms with Crippen LogP contribution in [0.15, 0.2) is 53.0 Å². The minimum absolute atomic E-state index is 0.132. The van der Waals surface area contributed by atoms with Crippen molar-refractivity contribution in [2.45, 2.75) is 13.8 Å². The lowest BCUT2D eigenvalue weighted by atomic mass is 10.2. The summed E-state index contributed by atoms with van der Waals surface area (Å²) in [5.74, 6) is 1.13. The summed E-state index contributed by atoms with van der Waals surface area (Å²) in [6.45, 7) is 4.87. The molecule has 0 aliphatic rings. The SMILES string of the molecule is CC(C)COc1ccc(C(=O)Nc2ccc(Br)cc2)cc1. The van der Waals surface area contributed by atoms with Gasteiger partial charge in [-0.2, -0.15) is 0 Å². The summed E-state index contributed by atoms with van der Waals surface area (Å²) in [5.41, 5.74) is 1.37. The maximum atomic E-state index is 12.1. The Balaban J connectivity index is 1.97. The normalized spacial score (nSPS) is 10.5. The summed E-state index contributed by atoms with van der Waals surface area (Å²) in [6, 6.07) is 14.6. The lowest BCUT2D eigenvalue weighted by Gasteiger charge is -2.09. The van der Waals surface area contributed by atoms with Crippen LogP contribution in [-0.2, 0) is 0 Å². The van der Waals surface area contributed by atoms with E-state index in [4.69, 9.17) is 4.74 Å². The quantitative estimate of drug-likeness (QED) is 0.848. The van der Waals surface area contributed by atoms with Crippen LogP contribution in [0.1, 0.15) is 24.2 Å². The lowest BCUT2D eigenvalue weighted by Crippen LogP contribution is -2.11. The minimum Gasteiger partial charge on any atom is -0.493 e. The van der Waals surface area contributed by atoms with Crippen LogP contribution in [0, 0.1) is 5.92 Å². The molecule has 4 heteroatoms. The summed E-state index contributed by atoms with van der Waals surface area (Å²) in [7, 11) is 0. The number of rotatable bonds is 5. The molecule has 0 fully saturated rings. The second kappa shape index (κ2) is 7.27. The summed E-state index contributed by atoms with van der Waals surface area (Å²) >= 11 is 3.36. The average molecular weight is 348 g/mol. The van der Waals surface area contributed by atoms with Gasteiger partial charge in [0, 0.05) is 15.7 Å². The van der Waals surface area contributed by atoms with Crippen molar-refractivity contribution in [2.75, 3.05) is 11.9 Å². The van der Waals surface area contributed by atoms with Gasteiger partial charge in [0.2, 0.25) is 0 Å². The highest BCUT2D eigenvalue weighted by atomic mass is 79.9. The molecule has 0 heterocycles. The van der Waals surface area contributed by atoms with E-state index in [1.54, 1.807) is 12.1 Å². The molecule has 0 aliphatic heterocycles. The predicted octanol–water partition coefficient (Wildman–Crippen LogP) is 4.74. The van der Waals surface area contributed by atoms with Crippen LogP contribution in [0.25, 0.3) is 0 Å². The molecule has 0 unspecified atom stereocenters. The van der Waals surface area contributed by atoms with Crippen molar-refractivity contribution in [1.82, 2.24) is 0 Å². The maximum absolute atomic E-state index is 12.1. The van der Waals surface area contributed by atoms with E-state index in [9.17, 15) is 4.79 Å². The highest BCUT2D eigenvalue weighted by Crippen LogP contribution is 2.17. The summed E-state index contributed by atoms with van der Waals surface area (Å²) in [6.07, 6.45) is 0. The van der Waals surface area contributed by atoms with Crippen LogP contribution in [-0.4, -0.2) is 12.5 Å². The zero-order valence-corrected chi connectivity index (χ0v) is 13.7. The minimum atomic E-state index is -0.132. The molecule has 0 bridgehead atoms. The Morgan fingerprint density at radius 2 is 1.71 bits per heavy atom. The monoisotopic (exact) mass is 347 g/mol. The summed E-state index contributed by atoms with van der Waals surface area (Å²) < 4.78 is 6.58. The Labute approximate surface area is 133 Å². The first-order chi connectivity index (χ1) is 10.0. The number of carbonyl (C=O) groups is 1. The number of benzene rings is 2. The summed E-state index contributed by atoms with van der Waals surface area (Å²) in [4.78, 5) is 12.1. The molecular weight excluding hydrogens is 330 g/mol. The number of hydrogen-bond acceptors (Lipinski definition) is 2. The topological polar surface area (TPSA) is 38.3 Å². The Morgan fingerprint density at radius 1 is 1.10 bits per heavy atom. The zero-order chi connectivity index (χ0) is 15.2. The number of ether oxygens (including phenoxy) is 1. The Kier molecular flexibility index (Phi) is 5.39. The van der Waals surface area contributed by atoms with Gasteiger partial charge in [-0.25, -0.2) is 0 Å². The largest absolute Gasteiger partial charge is 0.493 e. The molecule has 2 rings (SSSR count). The van der Waals surface area contributed by atoms with Crippen LogP contribution in [0.5, 0.6) is 5.75 Å². The molecule has 0 aliphatic carbocycles. The summed E-state index contributed by atoms with van der Waals surface area (Å²) in [5, 5.41) is 2.85. The van der Waals surface area contributed by atoms with E-state index in [0.29, 0.717) is 18.1 Å². The molecule has 110 valence electrons. The Hall–Kier alpha value is -1.81. The lowest BCUT2D eigenvalue weighted by molar-refractivity contribution is 0.102. The molecule has 2 aromatic carbocycles. The van der Waals surface area contributed by atoms with E-state index in [-0.39, 0.29) is 5.91 Å². The third-order valence-corrected chi connectivity index (χ3v) is 3.33. The van der Waals surface area contributed by atoms with Gasteiger partial charge in [-0.1, -0.05) is 29.8 Å². The second-order valence-electron chi connectivity index (χ2n) is 5.19. The first-order valence-electron chi connectivity index (χ1n) is 6.84. The maximum Gasteiger partial charge on any atom is 0.255 e. The molecule has 0 aromatic heterocycles. The molecule has 3 nitrogen and oxygen atoms in total. The number of anilines is 1. The van der Waals surface area contributed by atoms with Gasteiger partial charge in [-0.3, -0.25) is 4.79 Å². The smallest absolute Gasteiger partial charge is 0.255 e. The average Bonchev–Trinajstić information content (AvgIpc) is 2.48. The molecule has 0 radical (unpaired) electrons. The molecule has 2 aromatic rings. The van der Waals surface area contributed by atoms with Crippen LogP contribution in [0.2, 0.25) is 0 Å². The standard InChI is InChI=1S/C17H18BrNO2/c1-12(2)11-21-16-9-3-13(4-10-16)17(20)19-15-7-5-14(18)6-8-15/h3-10,12H,11H2,1-2H3,(H,19,20). The third kappa shape index (κ3) is 4.90. The van der Waals surface area contributed by atoms with Crippen molar-refractivity contribution in [1.29, 1.82) is 0 Å². The van der Waals surface area contributed by atoms with E-state index in [1.165, 1.54) is 0 Å². The van der Waals surface area contributed by atoms with Gasteiger partial charge in [0.05, 0.1) is 6.61 Å². The van der Waals surface area contributed by atoms with Crippen LogP contribution in [0.4, 0.5) is 5.69 Å². The number of amides is 1. The fraction of sp³-hybridized carbons (Fsp3) is 0.235. The van der Waals surface area contributed by atoms with Crippen LogP contribution in [0.3, 0.4) is 0 Å². The molecular formula is C17H18BrNO2. The Morgan fingerprint density at radius 3 is 2.29 bits per heavy atom.